The van der Waals surface area contributed by atoms with Crippen molar-refractivity contribution < 1.29 is 13.9 Å². The summed E-state index contributed by atoms with van der Waals surface area (Å²) in [5, 5.41) is 0.597. The van der Waals surface area contributed by atoms with E-state index in [1.807, 2.05) is 0 Å². The van der Waals surface area contributed by atoms with Crippen molar-refractivity contribution in [2.45, 2.75) is 0 Å². The number of ether oxygens (including phenoxy) is 1. The Labute approximate surface area is 118 Å². The molecule has 0 spiro atoms. The lowest BCUT2D eigenvalue weighted by molar-refractivity contribution is 0.0601. The molecule has 0 saturated carbocycles. The number of methoxy groups -OCH3 is 1. The van der Waals surface area contributed by atoms with Gasteiger partial charge in [0.05, 0.1) is 22.9 Å². The fraction of sp³-hybridized carbons (Fsp3) is 0.0667. The monoisotopic (exact) mass is 287 g/mol. The number of esters is 1. The third-order valence-electron chi connectivity index (χ3n) is 2.91. The van der Waals surface area contributed by atoms with E-state index >= 15 is 0 Å². The van der Waals surface area contributed by atoms with Crippen molar-refractivity contribution in [3.63, 3.8) is 0 Å². The second-order valence-corrected chi connectivity index (χ2v) is 5.20. The predicted molar refractivity (Wildman–Crippen MR) is 76.4 cm³/mol. The van der Waals surface area contributed by atoms with Crippen LogP contribution in [0, 0.1) is 5.82 Å². The van der Waals surface area contributed by atoms with Crippen LogP contribution in [0.25, 0.3) is 20.8 Å². The number of thiazole rings is 1. The van der Waals surface area contributed by atoms with E-state index in [9.17, 15) is 9.18 Å². The van der Waals surface area contributed by atoms with Crippen molar-refractivity contribution in [1.82, 2.24) is 4.98 Å². The number of hydrogen-bond acceptors (Lipinski definition) is 4. The number of halogens is 1. The Morgan fingerprint density at radius 3 is 2.80 bits per heavy atom. The average molecular weight is 287 g/mol. The van der Waals surface area contributed by atoms with Gasteiger partial charge < -0.3 is 4.74 Å². The van der Waals surface area contributed by atoms with Gasteiger partial charge in [-0.3, -0.25) is 0 Å². The minimum absolute atomic E-state index is 0.306. The van der Waals surface area contributed by atoms with Crippen LogP contribution in [-0.2, 0) is 4.74 Å². The Morgan fingerprint density at radius 2 is 2.05 bits per heavy atom. The van der Waals surface area contributed by atoms with Gasteiger partial charge in [0.1, 0.15) is 10.8 Å². The molecule has 3 aromatic rings. The van der Waals surface area contributed by atoms with Crippen molar-refractivity contribution in [3.8, 4) is 10.6 Å². The van der Waals surface area contributed by atoms with Crippen LogP contribution in [0.5, 0.6) is 0 Å². The predicted octanol–water partition coefficient (Wildman–Crippen LogP) is 3.89. The number of aromatic nitrogens is 1. The number of carbonyl (C=O) groups is 1. The largest absolute Gasteiger partial charge is 0.465 e. The Hall–Kier alpha value is -2.27. The highest BCUT2D eigenvalue weighted by molar-refractivity contribution is 7.21. The highest BCUT2D eigenvalue weighted by Gasteiger charge is 2.12. The zero-order chi connectivity index (χ0) is 14.1. The van der Waals surface area contributed by atoms with Gasteiger partial charge in [0, 0.05) is 5.56 Å². The Kier molecular flexibility index (Phi) is 3.20. The van der Waals surface area contributed by atoms with E-state index in [4.69, 9.17) is 0 Å². The maximum Gasteiger partial charge on any atom is 0.337 e. The standard InChI is InChI=1S/C15H10FNO2S/c1-19-15(18)9-6-7-12-13(8-9)20-14(17-12)10-4-2-3-5-11(10)16/h2-8H,1H3. The van der Waals surface area contributed by atoms with Crippen LogP contribution in [0.3, 0.4) is 0 Å². The fourth-order valence-corrected chi connectivity index (χ4v) is 2.95. The third-order valence-corrected chi connectivity index (χ3v) is 3.97. The lowest BCUT2D eigenvalue weighted by atomic mass is 10.2. The molecule has 0 aliphatic heterocycles. The van der Waals surface area contributed by atoms with Gasteiger partial charge in [0.2, 0.25) is 0 Å². The lowest BCUT2D eigenvalue weighted by Crippen LogP contribution is -1.99. The molecule has 0 saturated heterocycles. The van der Waals surface area contributed by atoms with Gasteiger partial charge in [-0.15, -0.1) is 11.3 Å². The highest BCUT2D eigenvalue weighted by atomic mass is 32.1. The maximum absolute atomic E-state index is 13.8. The van der Waals surface area contributed by atoms with E-state index in [0.717, 1.165) is 10.2 Å². The molecule has 0 aliphatic carbocycles. The number of hydrogen-bond donors (Lipinski definition) is 0. The average Bonchev–Trinajstić information content (AvgIpc) is 2.89. The van der Waals surface area contributed by atoms with Gasteiger partial charge in [-0.2, -0.15) is 0 Å². The first-order valence-electron chi connectivity index (χ1n) is 5.93. The van der Waals surface area contributed by atoms with Crippen LogP contribution in [-0.4, -0.2) is 18.1 Å². The van der Waals surface area contributed by atoms with Crippen LogP contribution in [0.4, 0.5) is 4.39 Å². The molecule has 3 rings (SSSR count). The number of nitrogens with zero attached hydrogens (tertiary/aromatic N) is 1. The zero-order valence-corrected chi connectivity index (χ0v) is 11.4. The topological polar surface area (TPSA) is 39.2 Å². The molecule has 5 heteroatoms. The van der Waals surface area contributed by atoms with Gasteiger partial charge in [0.15, 0.2) is 0 Å². The van der Waals surface area contributed by atoms with E-state index in [-0.39, 0.29) is 5.82 Å². The maximum atomic E-state index is 13.8. The molecule has 0 aliphatic rings. The van der Waals surface area contributed by atoms with Gasteiger partial charge in [0.25, 0.3) is 0 Å². The molecule has 0 unspecified atom stereocenters. The molecule has 2 aromatic carbocycles. The van der Waals surface area contributed by atoms with Crippen LogP contribution in [0.1, 0.15) is 10.4 Å². The van der Waals surface area contributed by atoms with Gasteiger partial charge in [-0.05, 0) is 30.3 Å². The third kappa shape index (κ3) is 2.16. The quantitative estimate of drug-likeness (QED) is 0.671. The minimum atomic E-state index is -0.396. The summed E-state index contributed by atoms with van der Waals surface area (Å²) in [6, 6.07) is 11.6. The fourth-order valence-electron chi connectivity index (χ4n) is 1.92. The first-order chi connectivity index (χ1) is 9.69. The summed E-state index contributed by atoms with van der Waals surface area (Å²) in [6.07, 6.45) is 0. The molecule has 0 bridgehead atoms. The van der Waals surface area contributed by atoms with Crippen molar-refractivity contribution in [2.24, 2.45) is 0 Å². The van der Waals surface area contributed by atoms with Crippen LogP contribution in [0.15, 0.2) is 42.5 Å². The van der Waals surface area contributed by atoms with Crippen molar-refractivity contribution in [1.29, 1.82) is 0 Å². The summed E-state index contributed by atoms with van der Waals surface area (Å²) < 4.78 is 19.3. The smallest absolute Gasteiger partial charge is 0.337 e. The summed E-state index contributed by atoms with van der Waals surface area (Å²) in [7, 11) is 1.34. The van der Waals surface area contributed by atoms with E-state index in [1.54, 1.807) is 36.4 Å². The molecule has 1 heterocycles. The van der Waals surface area contributed by atoms with E-state index < -0.39 is 5.97 Å². The minimum Gasteiger partial charge on any atom is -0.465 e. The molecule has 0 N–H and O–H groups in total. The molecule has 0 fully saturated rings. The van der Waals surface area contributed by atoms with E-state index in [2.05, 4.69) is 9.72 Å². The molecule has 3 nitrogen and oxygen atoms in total. The van der Waals surface area contributed by atoms with Gasteiger partial charge in [-0.1, -0.05) is 12.1 Å². The first kappa shape index (κ1) is 12.7. The molecule has 0 atom stereocenters. The number of benzene rings is 2. The Bertz CT molecular complexity index is 797. The molecule has 20 heavy (non-hydrogen) atoms. The van der Waals surface area contributed by atoms with Crippen LogP contribution in [0.2, 0.25) is 0 Å². The summed E-state index contributed by atoms with van der Waals surface area (Å²) in [6.45, 7) is 0. The summed E-state index contributed by atoms with van der Waals surface area (Å²) >= 11 is 1.35. The normalized spacial score (nSPS) is 10.7. The Morgan fingerprint density at radius 1 is 1.25 bits per heavy atom. The van der Waals surface area contributed by atoms with E-state index in [0.29, 0.717) is 16.1 Å². The van der Waals surface area contributed by atoms with Gasteiger partial charge >= 0.3 is 5.97 Å². The molecular weight excluding hydrogens is 277 g/mol. The van der Waals surface area contributed by atoms with Crippen molar-refractivity contribution >= 4 is 27.5 Å². The SMILES string of the molecule is COC(=O)c1ccc2nc(-c3ccccc3F)sc2c1. The zero-order valence-electron chi connectivity index (χ0n) is 10.6. The lowest BCUT2D eigenvalue weighted by Gasteiger charge is -1.97. The van der Waals surface area contributed by atoms with Crippen molar-refractivity contribution in [3.05, 3.63) is 53.8 Å². The summed E-state index contributed by atoms with van der Waals surface area (Å²) in [4.78, 5) is 15.9. The summed E-state index contributed by atoms with van der Waals surface area (Å²) in [5.41, 5.74) is 1.66. The second-order valence-electron chi connectivity index (χ2n) is 4.17. The van der Waals surface area contributed by atoms with Crippen molar-refractivity contribution in [2.75, 3.05) is 7.11 Å². The number of rotatable bonds is 2. The van der Waals surface area contributed by atoms with E-state index in [1.165, 1.54) is 24.5 Å². The number of carbonyl (C=O) groups excluding carboxylic acids is 1. The Balaban J connectivity index is 2.12. The number of fused-ring (bicyclic) bond motifs is 1. The molecular formula is C15H10FNO2S. The summed E-state index contributed by atoms with van der Waals surface area (Å²) in [5.74, 6) is -0.701. The first-order valence-corrected chi connectivity index (χ1v) is 6.74. The van der Waals surface area contributed by atoms with Gasteiger partial charge in [-0.25, -0.2) is 14.2 Å². The van der Waals surface area contributed by atoms with Crippen LogP contribution >= 0.6 is 11.3 Å². The van der Waals surface area contributed by atoms with Crippen LogP contribution < -0.4 is 0 Å². The highest BCUT2D eigenvalue weighted by Crippen LogP contribution is 2.32. The molecule has 100 valence electrons. The second kappa shape index (κ2) is 5.02. The molecule has 1 aromatic heterocycles. The molecule has 0 radical (unpaired) electrons. The molecule has 0 amide bonds.